The molecule has 0 aliphatic carbocycles. The van der Waals surface area contributed by atoms with Crippen LogP contribution in [0.4, 0.5) is 0 Å². The molecule has 0 bridgehead atoms. The molecule has 5 nitrogen and oxygen atoms in total. The standard InChI is InChI=1S/C13H15Cl2N3O2/c1-3-8(2)17-12(19)13(20)18-16-7-9-4-5-10(14)6-11(9)15/h4-8H,3H2,1-2H3,(H,17,19)(H,18,20)/b16-7-/t8-/m1/s1. The zero-order chi connectivity index (χ0) is 15.1. The van der Waals surface area contributed by atoms with Crippen LogP contribution in [0.5, 0.6) is 0 Å². The molecule has 1 aromatic rings. The van der Waals surface area contributed by atoms with E-state index in [0.29, 0.717) is 15.6 Å². The number of hydrazone groups is 1. The Morgan fingerprint density at radius 3 is 2.65 bits per heavy atom. The van der Waals surface area contributed by atoms with Gasteiger partial charge in [-0.2, -0.15) is 5.10 Å². The number of hydrogen-bond donors (Lipinski definition) is 2. The minimum atomic E-state index is -0.827. The Morgan fingerprint density at radius 2 is 2.05 bits per heavy atom. The molecule has 0 spiro atoms. The largest absolute Gasteiger partial charge is 0.345 e. The average Bonchev–Trinajstić information content (AvgIpc) is 2.40. The number of rotatable bonds is 4. The van der Waals surface area contributed by atoms with E-state index in [1.165, 1.54) is 6.21 Å². The van der Waals surface area contributed by atoms with E-state index in [1.807, 2.05) is 13.8 Å². The summed E-state index contributed by atoms with van der Waals surface area (Å²) >= 11 is 11.7. The van der Waals surface area contributed by atoms with Crippen LogP contribution < -0.4 is 10.7 Å². The normalized spacial score (nSPS) is 12.2. The molecule has 0 saturated heterocycles. The Bertz CT molecular complexity index is 532. The zero-order valence-corrected chi connectivity index (χ0v) is 12.6. The predicted molar refractivity (Wildman–Crippen MR) is 80.1 cm³/mol. The number of benzene rings is 1. The van der Waals surface area contributed by atoms with Gasteiger partial charge in [0.05, 0.1) is 11.2 Å². The van der Waals surface area contributed by atoms with Gasteiger partial charge in [0.2, 0.25) is 0 Å². The fraction of sp³-hybridized carbons (Fsp3) is 0.308. The van der Waals surface area contributed by atoms with Crippen LogP contribution in [0.15, 0.2) is 23.3 Å². The number of hydrogen-bond acceptors (Lipinski definition) is 3. The van der Waals surface area contributed by atoms with Crippen LogP contribution in [0.2, 0.25) is 10.0 Å². The number of carbonyl (C=O) groups is 2. The predicted octanol–water partition coefficient (Wildman–Crippen LogP) is 2.36. The molecule has 1 aromatic carbocycles. The maximum Gasteiger partial charge on any atom is 0.329 e. The molecule has 20 heavy (non-hydrogen) atoms. The molecule has 7 heteroatoms. The van der Waals surface area contributed by atoms with Crippen molar-refractivity contribution in [1.29, 1.82) is 0 Å². The van der Waals surface area contributed by atoms with Crippen molar-refractivity contribution in [3.63, 3.8) is 0 Å². The van der Waals surface area contributed by atoms with Crippen LogP contribution in [0.25, 0.3) is 0 Å². The average molecular weight is 316 g/mol. The molecule has 2 amide bonds. The van der Waals surface area contributed by atoms with Crippen molar-refractivity contribution in [3.8, 4) is 0 Å². The molecule has 0 heterocycles. The fourth-order valence-electron chi connectivity index (χ4n) is 1.21. The molecule has 0 aliphatic rings. The van der Waals surface area contributed by atoms with Gasteiger partial charge in [0.25, 0.3) is 0 Å². The quantitative estimate of drug-likeness (QED) is 0.508. The summed E-state index contributed by atoms with van der Waals surface area (Å²) in [7, 11) is 0. The number of amides is 2. The summed E-state index contributed by atoms with van der Waals surface area (Å²) < 4.78 is 0. The first-order chi connectivity index (χ1) is 9.43. The summed E-state index contributed by atoms with van der Waals surface area (Å²) in [6.45, 7) is 3.71. The van der Waals surface area contributed by atoms with E-state index in [1.54, 1.807) is 18.2 Å². The molecular weight excluding hydrogens is 301 g/mol. The van der Waals surface area contributed by atoms with E-state index >= 15 is 0 Å². The van der Waals surface area contributed by atoms with E-state index in [4.69, 9.17) is 23.2 Å². The van der Waals surface area contributed by atoms with Crippen molar-refractivity contribution in [2.75, 3.05) is 0 Å². The smallest absolute Gasteiger partial charge is 0.329 e. The van der Waals surface area contributed by atoms with Gasteiger partial charge in [0.1, 0.15) is 0 Å². The Balaban J connectivity index is 2.56. The van der Waals surface area contributed by atoms with Crippen LogP contribution in [0.3, 0.4) is 0 Å². The van der Waals surface area contributed by atoms with Gasteiger partial charge in [-0.1, -0.05) is 36.2 Å². The van der Waals surface area contributed by atoms with Crippen molar-refractivity contribution in [3.05, 3.63) is 33.8 Å². The molecule has 108 valence electrons. The van der Waals surface area contributed by atoms with E-state index in [0.717, 1.165) is 6.42 Å². The van der Waals surface area contributed by atoms with Crippen molar-refractivity contribution < 1.29 is 9.59 Å². The molecule has 1 atom stereocenters. The van der Waals surface area contributed by atoms with Crippen LogP contribution >= 0.6 is 23.2 Å². The molecule has 0 aromatic heterocycles. The lowest BCUT2D eigenvalue weighted by Gasteiger charge is -2.09. The van der Waals surface area contributed by atoms with Gasteiger partial charge in [0, 0.05) is 16.6 Å². The number of nitrogens with one attached hydrogen (secondary N) is 2. The molecule has 0 aliphatic heterocycles. The Labute approximate surface area is 127 Å². The third-order valence-corrected chi connectivity index (χ3v) is 3.09. The molecule has 0 radical (unpaired) electrons. The van der Waals surface area contributed by atoms with Crippen LogP contribution in [0, 0.1) is 0 Å². The lowest BCUT2D eigenvalue weighted by Crippen LogP contribution is -2.41. The van der Waals surface area contributed by atoms with Crippen LogP contribution in [-0.2, 0) is 9.59 Å². The van der Waals surface area contributed by atoms with Gasteiger partial charge in [-0.25, -0.2) is 5.43 Å². The first kappa shape index (κ1) is 16.5. The second kappa shape index (κ2) is 7.87. The van der Waals surface area contributed by atoms with Crippen LogP contribution in [-0.4, -0.2) is 24.1 Å². The maximum atomic E-state index is 11.4. The summed E-state index contributed by atoms with van der Waals surface area (Å²) in [5.41, 5.74) is 2.71. The summed E-state index contributed by atoms with van der Waals surface area (Å²) in [4.78, 5) is 22.9. The third kappa shape index (κ3) is 5.19. The Hall–Kier alpha value is -1.59. The molecule has 0 fully saturated rings. The highest BCUT2D eigenvalue weighted by molar-refractivity contribution is 6.36. The number of carbonyl (C=O) groups excluding carboxylic acids is 2. The van der Waals surface area contributed by atoms with Gasteiger partial charge in [-0.3, -0.25) is 9.59 Å². The van der Waals surface area contributed by atoms with Gasteiger partial charge in [-0.05, 0) is 25.5 Å². The molecule has 0 unspecified atom stereocenters. The SMILES string of the molecule is CC[C@@H](C)NC(=O)C(=O)N/N=C\c1ccc(Cl)cc1Cl. The monoisotopic (exact) mass is 315 g/mol. The molecule has 0 saturated carbocycles. The van der Waals surface area contributed by atoms with E-state index in [-0.39, 0.29) is 6.04 Å². The summed E-state index contributed by atoms with van der Waals surface area (Å²) in [6.07, 6.45) is 2.08. The minimum Gasteiger partial charge on any atom is -0.345 e. The summed E-state index contributed by atoms with van der Waals surface area (Å²) in [5, 5.41) is 7.11. The lowest BCUT2D eigenvalue weighted by molar-refractivity contribution is -0.139. The number of halogens is 2. The van der Waals surface area contributed by atoms with Gasteiger partial charge in [0.15, 0.2) is 0 Å². The lowest BCUT2D eigenvalue weighted by atomic mass is 10.2. The third-order valence-electron chi connectivity index (χ3n) is 2.53. The highest BCUT2D eigenvalue weighted by Crippen LogP contribution is 2.19. The van der Waals surface area contributed by atoms with Gasteiger partial charge < -0.3 is 5.32 Å². The molecule has 1 rings (SSSR count). The first-order valence-electron chi connectivity index (χ1n) is 6.03. The highest BCUT2D eigenvalue weighted by atomic mass is 35.5. The minimum absolute atomic E-state index is 0.0667. The molecular formula is C13H15Cl2N3O2. The van der Waals surface area contributed by atoms with Gasteiger partial charge in [-0.15, -0.1) is 0 Å². The topological polar surface area (TPSA) is 70.6 Å². The zero-order valence-electron chi connectivity index (χ0n) is 11.1. The fourth-order valence-corrected chi connectivity index (χ4v) is 1.67. The van der Waals surface area contributed by atoms with E-state index in [2.05, 4.69) is 15.8 Å². The summed E-state index contributed by atoms with van der Waals surface area (Å²) in [5.74, 6) is -1.55. The first-order valence-corrected chi connectivity index (χ1v) is 6.78. The Morgan fingerprint density at radius 1 is 1.35 bits per heavy atom. The summed E-state index contributed by atoms with van der Waals surface area (Å²) in [6, 6.07) is 4.79. The van der Waals surface area contributed by atoms with Crippen LogP contribution in [0.1, 0.15) is 25.8 Å². The second-order valence-corrected chi connectivity index (χ2v) is 4.99. The van der Waals surface area contributed by atoms with Crippen molar-refractivity contribution >= 4 is 41.2 Å². The van der Waals surface area contributed by atoms with Crippen molar-refractivity contribution in [1.82, 2.24) is 10.7 Å². The van der Waals surface area contributed by atoms with E-state index in [9.17, 15) is 9.59 Å². The van der Waals surface area contributed by atoms with Crippen molar-refractivity contribution in [2.45, 2.75) is 26.3 Å². The highest BCUT2D eigenvalue weighted by Gasteiger charge is 2.14. The Kier molecular flexibility index (Phi) is 6.48. The number of nitrogens with zero attached hydrogens (tertiary/aromatic N) is 1. The van der Waals surface area contributed by atoms with Crippen molar-refractivity contribution in [2.24, 2.45) is 5.10 Å². The van der Waals surface area contributed by atoms with E-state index < -0.39 is 11.8 Å². The maximum absolute atomic E-state index is 11.4. The second-order valence-electron chi connectivity index (χ2n) is 4.15. The molecule has 2 N–H and O–H groups in total. The van der Waals surface area contributed by atoms with Gasteiger partial charge >= 0.3 is 11.8 Å².